The number of hydrogen-bond acceptors (Lipinski definition) is 4. The van der Waals surface area contributed by atoms with E-state index in [4.69, 9.17) is 4.98 Å². The van der Waals surface area contributed by atoms with E-state index in [-0.39, 0.29) is 0 Å². The second-order valence-corrected chi connectivity index (χ2v) is 6.80. The Morgan fingerprint density at radius 3 is 2.55 bits per heavy atom. The van der Waals surface area contributed by atoms with Crippen LogP contribution in [0.1, 0.15) is 40.5 Å². The van der Waals surface area contributed by atoms with Gasteiger partial charge in [-0.15, -0.1) is 11.3 Å². The highest BCUT2D eigenvalue weighted by Crippen LogP contribution is 2.45. The molecule has 0 atom stereocenters. The highest BCUT2D eigenvalue weighted by molar-refractivity contribution is 7.15. The smallest absolute Gasteiger partial charge is 0.186 e. The fourth-order valence-electron chi connectivity index (χ4n) is 2.92. The lowest BCUT2D eigenvalue weighted by atomic mass is 10.1. The molecule has 2 heterocycles. The molecule has 0 bridgehead atoms. The predicted octanol–water partition coefficient (Wildman–Crippen LogP) is 3.26. The first-order valence-corrected chi connectivity index (χ1v) is 8.12. The molecule has 4 rings (SSSR count). The molecule has 1 aromatic heterocycles. The van der Waals surface area contributed by atoms with E-state index >= 15 is 0 Å². The topological polar surface area (TPSA) is 28.2 Å². The summed E-state index contributed by atoms with van der Waals surface area (Å²) in [6.07, 6.45) is 2.64. The zero-order valence-corrected chi connectivity index (χ0v) is 12.5. The molecule has 0 spiro atoms. The summed E-state index contributed by atoms with van der Waals surface area (Å²) in [4.78, 5) is 8.81. The van der Waals surface area contributed by atoms with Gasteiger partial charge in [0.15, 0.2) is 5.13 Å². The van der Waals surface area contributed by atoms with E-state index in [9.17, 15) is 0 Å². The standard InChI is InChI=1S/C16H19N3S/c1-17-8-14-15(11-6-7-11)18-16(20-14)19-9-12-4-2-3-5-13(12)10-19/h2-5,11,17H,6-10H2,1H3. The normalized spacial score (nSPS) is 17.6. The summed E-state index contributed by atoms with van der Waals surface area (Å²) < 4.78 is 0. The molecule has 0 saturated heterocycles. The maximum atomic E-state index is 4.96. The van der Waals surface area contributed by atoms with Crippen molar-refractivity contribution in [3.63, 3.8) is 0 Å². The first-order valence-electron chi connectivity index (χ1n) is 7.31. The molecule has 1 aliphatic heterocycles. The van der Waals surface area contributed by atoms with Crippen LogP contribution in [0.4, 0.5) is 5.13 Å². The fraction of sp³-hybridized carbons (Fsp3) is 0.438. The predicted molar refractivity (Wildman–Crippen MR) is 83.2 cm³/mol. The molecule has 0 unspecified atom stereocenters. The van der Waals surface area contributed by atoms with Crippen molar-refractivity contribution >= 4 is 16.5 Å². The fourth-order valence-corrected chi connectivity index (χ4v) is 4.07. The van der Waals surface area contributed by atoms with Crippen LogP contribution in [0.25, 0.3) is 0 Å². The highest BCUT2D eigenvalue weighted by atomic mass is 32.1. The van der Waals surface area contributed by atoms with E-state index in [1.807, 2.05) is 18.4 Å². The molecule has 1 aromatic carbocycles. The van der Waals surface area contributed by atoms with E-state index in [0.717, 1.165) is 25.6 Å². The average Bonchev–Trinajstić information content (AvgIpc) is 3.07. The van der Waals surface area contributed by atoms with Crippen LogP contribution < -0.4 is 10.2 Å². The summed E-state index contributed by atoms with van der Waals surface area (Å²) in [7, 11) is 2.02. The monoisotopic (exact) mass is 285 g/mol. The van der Waals surface area contributed by atoms with Crippen LogP contribution in [0, 0.1) is 0 Å². The van der Waals surface area contributed by atoms with Gasteiger partial charge in [0.25, 0.3) is 0 Å². The number of aromatic nitrogens is 1. The van der Waals surface area contributed by atoms with Crippen LogP contribution in [-0.4, -0.2) is 12.0 Å². The Bertz CT molecular complexity index is 605. The van der Waals surface area contributed by atoms with Gasteiger partial charge in [-0.05, 0) is 31.0 Å². The number of nitrogens with one attached hydrogen (secondary N) is 1. The second kappa shape index (κ2) is 4.86. The van der Waals surface area contributed by atoms with Crippen molar-refractivity contribution < 1.29 is 0 Å². The van der Waals surface area contributed by atoms with Crippen molar-refractivity contribution in [2.75, 3.05) is 11.9 Å². The minimum absolute atomic E-state index is 0.730. The zero-order chi connectivity index (χ0) is 13.5. The van der Waals surface area contributed by atoms with Crippen LogP contribution in [0.5, 0.6) is 0 Å². The number of thiazole rings is 1. The zero-order valence-electron chi connectivity index (χ0n) is 11.7. The Kier molecular flexibility index (Phi) is 3.00. The van der Waals surface area contributed by atoms with Crippen LogP contribution in [0.15, 0.2) is 24.3 Å². The summed E-state index contributed by atoms with van der Waals surface area (Å²) in [5.41, 5.74) is 4.26. The average molecular weight is 285 g/mol. The first kappa shape index (κ1) is 12.4. The lowest BCUT2D eigenvalue weighted by molar-refractivity contribution is 0.810. The first-order chi connectivity index (χ1) is 9.85. The largest absolute Gasteiger partial charge is 0.339 e. The number of fused-ring (bicyclic) bond motifs is 1. The van der Waals surface area contributed by atoms with E-state index in [0.29, 0.717) is 0 Å². The second-order valence-electron chi connectivity index (χ2n) is 5.73. The third-order valence-electron chi connectivity index (χ3n) is 4.13. The Morgan fingerprint density at radius 1 is 1.25 bits per heavy atom. The number of benzene rings is 1. The number of nitrogens with zero attached hydrogens (tertiary/aromatic N) is 2. The van der Waals surface area contributed by atoms with Crippen LogP contribution in [0.2, 0.25) is 0 Å². The van der Waals surface area contributed by atoms with Gasteiger partial charge in [-0.2, -0.15) is 0 Å². The Labute approximate surface area is 123 Å². The molecular formula is C16H19N3S. The van der Waals surface area contributed by atoms with Gasteiger partial charge in [-0.3, -0.25) is 0 Å². The summed E-state index contributed by atoms with van der Waals surface area (Å²) >= 11 is 1.87. The maximum Gasteiger partial charge on any atom is 0.186 e. The van der Waals surface area contributed by atoms with Gasteiger partial charge in [0.2, 0.25) is 0 Å². The third kappa shape index (κ3) is 2.13. The quantitative estimate of drug-likeness (QED) is 0.934. The molecule has 2 aliphatic rings. The van der Waals surface area contributed by atoms with Crippen molar-refractivity contribution in [2.24, 2.45) is 0 Å². The van der Waals surface area contributed by atoms with E-state index < -0.39 is 0 Å². The molecule has 3 nitrogen and oxygen atoms in total. The van der Waals surface area contributed by atoms with Crippen LogP contribution >= 0.6 is 11.3 Å². The van der Waals surface area contributed by atoms with Crippen molar-refractivity contribution in [1.82, 2.24) is 10.3 Å². The molecule has 104 valence electrons. The highest BCUT2D eigenvalue weighted by Gasteiger charge is 2.31. The van der Waals surface area contributed by atoms with Gasteiger partial charge in [0.1, 0.15) is 0 Å². The Balaban J connectivity index is 1.62. The summed E-state index contributed by atoms with van der Waals surface area (Å²) in [6, 6.07) is 8.73. The number of hydrogen-bond donors (Lipinski definition) is 1. The van der Waals surface area contributed by atoms with Crippen LogP contribution in [-0.2, 0) is 19.6 Å². The molecular weight excluding hydrogens is 266 g/mol. The van der Waals surface area contributed by atoms with Crippen LogP contribution in [0.3, 0.4) is 0 Å². The Hall–Kier alpha value is -1.39. The maximum absolute atomic E-state index is 4.96. The molecule has 1 N–H and O–H groups in total. The van der Waals surface area contributed by atoms with Crippen molar-refractivity contribution in [3.8, 4) is 0 Å². The molecule has 2 aromatic rings. The van der Waals surface area contributed by atoms with Gasteiger partial charge < -0.3 is 10.2 Å². The SMILES string of the molecule is CNCc1sc(N2Cc3ccccc3C2)nc1C1CC1. The van der Waals surface area contributed by atoms with Crippen molar-refractivity contribution in [3.05, 3.63) is 46.0 Å². The summed E-state index contributed by atoms with van der Waals surface area (Å²) in [5.74, 6) is 0.730. The lowest BCUT2D eigenvalue weighted by Gasteiger charge is -2.12. The third-order valence-corrected chi connectivity index (χ3v) is 5.26. The van der Waals surface area contributed by atoms with E-state index in [2.05, 4.69) is 34.5 Å². The van der Waals surface area contributed by atoms with Gasteiger partial charge in [-0.1, -0.05) is 24.3 Å². The molecule has 0 radical (unpaired) electrons. The molecule has 1 fully saturated rings. The number of anilines is 1. The summed E-state index contributed by atoms with van der Waals surface area (Å²) in [6.45, 7) is 2.96. The minimum atomic E-state index is 0.730. The van der Waals surface area contributed by atoms with Gasteiger partial charge in [0, 0.05) is 30.4 Å². The molecule has 20 heavy (non-hydrogen) atoms. The van der Waals surface area contributed by atoms with E-state index in [1.165, 1.54) is 39.7 Å². The van der Waals surface area contributed by atoms with Crippen molar-refractivity contribution in [1.29, 1.82) is 0 Å². The van der Waals surface area contributed by atoms with E-state index in [1.54, 1.807) is 0 Å². The van der Waals surface area contributed by atoms with Crippen molar-refractivity contribution in [2.45, 2.75) is 38.4 Å². The van der Waals surface area contributed by atoms with Gasteiger partial charge in [0.05, 0.1) is 5.69 Å². The van der Waals surface area contributed by atoms with Gasteiger partial charge in [-0.25, -0.2) is 4.98 Å². The molecule has 0 amide bonds. The molecule has 1 saturated carbocycles. The molecule has 4 heteroatoms. The molecule has 1 aliphatic carbocycles. The Morgan fingerprint density at radius 2 is 1.95 bits per heavy atom. The van der Waals surface area contributed by atoms with Gasteiger partial charge >= 0.3 is 0 Å². The minimum Gasteiger partial charge on any atom is -0.339 e. The lowest BCUT2D eigenvalue weighted by Crippen LogP contribution is -2.14. The summed E-state index contributed by atoms with van der Waals surface area (Å²) in [5, 5.41) is 4.48. The number of rotatable bonds is 4.